The van der Waals surface area contributed by atoms with Gasteiger partial charge >= 0.3 is 0 Å². The van der Waals surface area contributed by atoms with Crippen LogP contribution < -0.4 is 5.56 Å². The number of hydrogen-bond acceptors (Lipinski definition) is 3. The molecule has 0 aliphatic heterocycles. The zero-order valence-electron chi connectivity index (χ0n) is 7.27. The highest BCUT2D eigenvalue weighted by molar-refractivity contribution is 7.71. The maximum atomic E-state index is 10.9. The average Bonchev–Trinajstić information content (AvgIpc) is 2.62. The van der Waals surface area contributed by atoms with E-state index in [0.29, 0.717) is 11.3 Å². The fraction of sp³-hybridized carbons (Fsp3) is 0.111. The van der Waals surface area contributed by atoms with Gasteiger partial charge in [-0.15, -0.1) is 0 Å². The van der Waals surface area contributed by atoms with Gasteiger partial charge in [-0.1, -0.05) is 0 Å². The molecule has 0 saturated heterocycles. The molecule has 4 nitrogen and oxygen atoms in total. The minimum Gasteiger partial charge on any atom is -0.467 e. The van der Waals surface area contributed by atoms with Crippen LogP contribution in [0, 0.1) is 4.77 Å². The van der Waals surface area contributed by atoms with Gasteiger partial charge in [0.2, 0.25) is 0 Å². The normalized spacial score (nSPS) is 10.3. The van der Waals surface area contributed by atoms with Gasteiger partial charge in [-0.2, -0.15) is 0 Å². The van der Waals surface area contributed by atoms with Crippen molar-refractivity contribution in [2.24, 2.45) is 0 Å². The summed E-state index contributed by atoms with van der Waals surface area (Å²) >= 11 is 4.98. The summed E-state index contributed by atoms with van der Waals surface area (Å²) in [5, 5.41) is 0. The van der Waals surface area contributed by atoms with Gasteiger partial charge in [-0.3, -0.25) is 9.78 Å². The van der Waals surface area contributed by atoms with E-state index in [0.717, 1.165) is 5.76 Å². The number of furan rings is 1. The number of hydrogen-bond donors (Lipinski definition) is 1. The molecular weight excluding hydrogens is 200 g/mol. The van der Waals surface area contributed by atoms with Gasteiger partial charge in [0.1, 0.15) is 5.76 Å². The molecular formula is C9H8N2O2S. The molecule has 14 heavy (non-hydrogen) atoms. The zero-order chi connectivity index (χ0) is 9.97. The maximum Gasteiger partial charge on any atom is 0.251 e. The number of nitrogens with zero attached hydrogens (tertiary/aromatic N) is 1. The molecule has 0 bridgehead atoms. The van der Waals surface area contributed by atoms with Gasteiger partial charge in [0.25, 0.3) is 5.56 Å². The van der Waals surface area contributed by atoms with E-state index in [4.69, 9.17) is 16.6 Å². The Morgan fingerprint density at radius 3 is 3.00 bits per heavy atom. The lowest BCUT2D eigenvalue weighted by atomic mass is 10.4. The standard InChI is InChI=1S/C9H8N2O2S/c12-8-3-4-11(9(14)10-8)6-7-2-1-5-13-7/h1-5H,6H2,(H,10,12,14). The summed E-state index contributed by atoms with van der Waals surface area (Å²) in [4.78, 5) is 13.4. The monoisotopic (exact) mass is 208 g/mol. The second-order valence-corrected chi connectivity index (χ2v) is 3.20. The lowest BCUT2D eigenvalue weighted by Gasteiger charge is -2.02. The van der Waals surface area contributed by atoms with Crippen molar-refractivity contribution in [3.8, 4) is 0 Å². The third-order valence-corrected chi connectivity index (χ3v) is 2.14. The predicted molar refractivity (Wildman–Crippen MR) is 53.7 cm³/mol. The number of aromatic amines is 1. The predicted octanol–water partition coefficient (Wildman–Crippen LogP) is 1.55. The summed E-state index contributed by atoms with van der Waals surface area (Å²) in [7, 11) is 0. The molecule has 0 atom stereocenters. The van der Waals surface area contributed by atoms with Gasteiger partial charge in [0.15, 0.2) is 4.77 Å². The third kappa shape index (κ3) is 1.82. The molecule has 2 aromatic rings. The second-order valence-electron chi connectivity index (χ2n) is 2.82. The minimum absolute atomic E-state index is 0.189. The molecule has 0 radical (unpaired) electrons. The van der Waals surface area contributed by atoms with Crippen molar-refractivity contribution < 1.29 is 4.42 Å². The van der Waals surface area contributed by atoms with Crippen LogP contribution in [0.1, 0.15) is 5.76 Å². The summed E-state index contributed by atoms with van der Waals surface area (Å²) in [6.45, 7) is 0.530. The molecule has 2 aromatic heterocycles. The van der Waals surface area contributed by atoms with Gasteiger partial charge in [0, 0.05) is 12.3 Å². The first-order valence-corrected chi connectivity index (χ1v) is 4.49. The minimum atomic E-state index is -0.189. The summed E-state index contributed by atoms with van der Waals surface area (Å²) in [5.41, 5.74) is -0.189. The summed E-state index contributed by atoms with van der Waals surface area (Å²) in [6.07, 6.45) is 3.24. The van der Waals surface area contributed by atoms with Crippen molar-refractivity contribution in [3.63, 3.8) is 0 Å². The van der Waals surface area contributed by atoms with Gasteiger partial charge in [-0.25, -0.2) is 0 Å². The van der Waals surface area contributed by atoms with Crippen LogP contribution in [0.2, 0.25) is 0 Å². The third-order valence-electron chi connectivity index (χ3n) is 1.80. The number of aromatic nitrogens is 2. The SMILES string of the molecule is O=c1ccn(Cc2ccco2)c(=S)[nH]1. The molecule has 0 unspecified atom stereocenters. The van der Waals surface area contributed by atoms with Crippen LogP contribution in [0.3, 0.4) is 0 Å². The van der Waals surface area contributed by atoms with Crippen LogP contribution in [-0.2, 0) is 6.54 Å². The molecule has 72 valence electrons. The first kappa shape index (κ1) is 8.96. The number of nitrogens with one attached hydrogen (secondary N) is 1. The summed E-state index contributed by atoms with van der Waals surface area (Å²) < 4.78 is 7.29. The van der Waals surface area contributed by atoms with Gasteiger partial charge < -0.3 is 8.98 Å². The molecule has 0 aliphatic rings. The highest BCUT2D eigenvalue weighted by Gasteiger charge is 1.97. The molecule has 0 spiro atoms. The molecule has 1 N–H and O–H groups in total. The molecule has 0 fully saturated rings. The summed E-state index contributed by atoms with van der Waals surface area (Å²) in [6, 6.07) is 5.09. The number of rotatable bonds is 2. The van der Waals surface area contributed by atoms with Crippen LogP contribution in [0.25, 0.3) is 0 Å². The largest absolute Gasteiger partial charge is 0.467 e. The van der Waals surface area contributed by atoms with Crippen LogP contribution in [0.15, 0.2) is 39.9 Å². The van der Waals surface area contributed by atoms with E-state index in [1.807, 2.05) is 12.1 Å². The Kier molecular flexibility index (Phi) is 2.32. The average molecular weight is 208 g/mol. The van der Waals surface area contributed by atoms with Crippen molar-refractivity contribution in [3.05, 3.63) is 51.5 Å². The Hall–Kier alpha value is -1.62. The lowest BCUT2D eigenvalue weighted by molar-refractivity contribution is 0.489. The smallest absolute Gasteiger partial charge is 0.251 e. The first-order valence-electron chi connectivity index (χ1n) is 4.08. The molecule has 2 rings (SSSR count). The molecule has 5 heteroatoms. The van der Waals surface area contributed by atoms with Crippen LogP contribution in [-0.4, -0.2) is 9.55 Å². The Balaban J connectivity index is 2.35. The van der Waals surface area contributed by atoms with Crippen LogP contribution in [0.4, 0.5) is 0 Å². The topological polar surface area (TPSA) is 50.9 Å². The van der Waals surface area contributed by atoms with Crippen molar-refractivity contribution in [2.45, 2.75) is 6.54 Å². The fourth-order valence-corrected chi connectivity index (χ4v) is 1.37. The van der Waals surface area contributed by atoms with Gasteiger partial charge in [-0.05, 0) is 24.4 Å². The van der Waals surface area contributed by atoms with E-state index in [9.17, 15) is 4.79 Å². The molecule has 0 saturated carbocycles. The van der Waals surface area contributed by atoms with Crippen molar-refractivity contribution in [1.29, 1.82) is 0 Å². The lowest BCUT2D eigenvalue weighted by Crippen LogP contribution is -2.11. The Morgan fingerprint density at radius 2 is 2.36 bits per heavy atom. The van der Waals surface area contributed by atoms with Crippen molar-refractivity contribution >= 4 is 12.2 Å². The van der Waals surface area contributed by atoms with E-state index in [-0.39, 0.29) is 5.56 Å². The zero-order valence-corrected chi connectivity index (χ0v) is 8.08. The molecule has 2 heterocycles. The van der Waals surface area contributed by atoms with Crippen molar-refractivity contribution in [2.75, 3.05) is 0 Å². The highest BCUT2D eigenvalue weighted by Crippen LogP contribution is 2.02. The highest BCUT2D eigenvalue weighted by atomic mass is 32.1. The molecule has 0 amide bonds. The van der Waals surface area contributed by atoms with Crippen molar-refractivity contribution in [1.82, 2.24) is 9.55 Å². The van der Waals surface area contributed by atoms with E-state index < -0.39 is 0 Å². The quantitative estimate of drug-likeness (QED) is 0.762. The molecule has 0 aliphatic carbocycles. The van der Waals surface area contributed by atoms with E-state index in [1.54, 1.807) is 17.0 Å². The van der Waals surface area contributed by atoms with Crippen LogP contribution >= 0.6 is 12.2 Å². The summed E-state index contributed by atoms with van der Waals surface area (Å²) in [5.74, 6) is 0.799. The maximum absolute atomic E-state index is 10.9. The second kappa shape index (κ2) is 3.63. The van der Waals surface area contributed by atoms with Crippen LogP contribution in [0.5, 0.6) is 0 Å². The molecule has 0 aromatic carbocycles. The Bertz CT molecular complexity index is 524. The van der Waals surface area contributed by atoms with E-state index in [1.165, 1.54) is 6.07 Å². The van der Waals surface area contributed by atoms with E-state index >= 15 is 0 Å². The first-order chi connectivity index (χ1) is 6.75. The Morgan fingerprint density at radius 1 is 1.50 bits per heavy atom. The number of H-pyrrole nitrogens is 1. The Labute approximate surface area is 84.8 Å². The van der Waals surface area contributed by atoms with Gasteiger partial charge in [0.05, 0.1) is 12.8 Å². The van der Waals surface area contributed by atoms with E-state index in [2.05, 4.69) is 4.98 Å². The fourth-order valence-electron chi connectivity index (χ4n) is 1.14.